The molecule has 1 aromatic carbocycles. The molecule has 0 aliphatic heterocycles. The Hall–Kier alpha value is -0.590. The van der Waals surface area contributed by atoms with E-state index in [9.17, 15) is 13.2 Å². The summed E-state index contributed by atoms with van der Waals surface area (Å²) in [6, 6.07) is 4.19. The summed E-state index contributed by atoms with van der Waals surface area (Å²) < 4.78 is 23.3. The van der Waals surface area contributed by atoms with E-state index >= 15 is 0 Å². The Morgan fingerprint density at radius 2 is 2.00 bits per heavy atom. The van der Waals surface area contributed by atoms with Crippen LogP contribution in [0.5, 0.6) is 0 Å². The van der Waals surface area contributed by atoms with Gasteiger partial charge in [-0.1, -0.05) is 13.8 Å². The highest BCUT2D eigenvalue weighted by Crippen LogP contribution is 2.24. The molecule has 0 aromatic heterocycles. The van der Waals surface area contributed by atoms with Gasteiger partial charge in [-0.25, -0.2) is 8.42 Å². The smallest absolute Gasteiger partial charge is 0.261 e. The molecule has 4 nitrogen and oxygen atoms in total. The first kappa shape index (κ1) is 17.5. The summed E-state index contributed by atoms with van der Waals surface area (Å²) in [6.07, 6.45) is 0. The molecule has 0 heterocycles. The molecule has 1 rings (SSSR count). The minimum atomic E-state index is -3.85. The van der Waals surface area contributed by atoms with Crippen molar-refractivity contribution in [1.29, 1.82) is 0 Å². The van der Waals surface area contributed by atoms with E-state index in [1.807, 2.05) is 20.8 Å². The number of rotatable bonds is 5. The summed E-state index contributed by atoms with van der Waals surface area (Å²) in [6.45, 7) is 7.09. The minimum Gasteiger partial charge on any atom is -0.339 e. The molecule has 1 amide bonds. The maximum Gasteiger partial charge on any atom is 0.261 e. The Morgan fingerprint density at radius 3 is 2.45 bits per heavy atom. The molecule has 0 unspecified atom stereocenters. The van der Waals surface area contributed by atoms with Crippen molar-refractivity contribution in [3.8, 4) is 0 Å². The highest BCUT2D eigenvalue weighted by Gasteiger charge is 2.20. The van der Waals surface area contributed by atoms with E-state index in [-0.39, 0.29) is 10.8 Å². The Balaban J connectivity index is 3.21. The average molecular weight is 383 g/mol. The average Bonchev–Trinajstić information content (AvgIpc) is 2.34. The van der Waals surface area contributed by atoms with Gasteiger partial charge in [0.15, 0.2) is 0 Å². The second kappa shape index (κ2) is 6.91. The van der Waals surface area contributed by atoms with Gasteiger partial charge in [0.1, 0.15) is 0 Å². The van der Waals surface area contributed by atoms with Crippen molar-refractivity contribution < 1.29 is 13.2 Å². The highest BCUT2D eigenvalue weighted by molar-refractivity contribution is 9.10. The van der Waals surface area contributed by atoms with Gasteiger partial charge in [-0.2, -0.15) is 0 Å². The van der Waals surface area contributed by atoms with Crippen molar-refractivity contribution in [2.24, 2.45) is 5.92 Å². The fourth-order valence-electron chi connectivity index (χ4n) is 1.79. The fourth-order valence-corrected chi connectivity index (χ4v) is 2.98. The van der Waals surface area contributed by atoms with Crippen molar-refractivity contribution in [3.05, 3.63) is 28.2 Å². The molecule has 0 saturated heterocycles. The second-order valence-electron chi connectivity index (χ2n) is 4.82. The Labute approximate surface area is 132 Å². The summed E-state index contributed by atoms with van der Waals surface area (Å²) in [4.78, 5) is 14.1. The molecule has 0 spiro atoms. The maximum absolute atomic E-state index is 12.5. The van der Waals surface area contributed by atoms with Crippen LogP contribution in [-0.4, -0.2) is 32.3 Å². The van der Waals surface area contributed by atoms with Crippen molar-refractivity contribution >= 4 is 41.6 Å². The third kappa shape index (κ3) is 4.46. The zero-order valence-electron chi connectivity index (χ0n) is 11.6. The van der Waals surface area contributed by atoms with E-state index in [1.165, 1.54) is 18.2 Å². The zero-order valence-corrected chi connectivity index (χ0v) is 14.7. The van der Waals surface area contributed by atoms with Crippen molar-refractivity contribution in [2.45, 2.75) is 25.7 Å². The number of halogens is 2. The molecule has 0 aliphatic rings. The Bertz CT molecular complexity index is 602. The normalized spacial score (nSPS) is 11.7. The van der Waals surface area contributed by atoms with Gasteiger partial charge < -0.3 is 4.90 Å². The van der Waals surface area contributed by atoms with E-state index in [1.54, 1.807) is 4.90 Å². The summed E-state index contributed by atoms with van der Waals surface area (Å²) in [5, 5.41) is 0. The number of carbonyl (C=O) groups is 1. The van der Waals surface area contributed by atoms with Gasteiger partial charge in [-0.05, 0) is 47.0 Å². The van der Waals surface area contributed by atoms with Crippen LogP contribution in [-0.2, 0) is 9.05 Å². The molecular weight excluding hydrogens is 366 g/mol. The summed E-state index contributed by atoms with van der Waals surface area (Å²) >= 11 is 3.28. The van der Waals surface area contributed by atoms with Crippen LogP contribution < -0.4 is 0 Å². The van der Waals surface area contributed by atoms with Crippen LogP contribution in [0.2, 0.25) is 0 Å². The van der Waals surface area contributed by atoms with E-state index < -0.39 is 9.05 Å². The van der Waals surface area contributed by atoms with Crippen molar-refractivity contribution in [3.63, 3.8) is 0 Å². The van der Waals surface area contributed by atoms with Gasteiger partial charge in [-0.3, -0.25) is 4.79 Å². The second-order valence-corrected chi connectivity index (χ2v) is 8.24. The van der Waals surface area contributed by atoms with Crippen LogP contribution in [0.15, 0.2) is 27.6 Å². The van der Waals surface area contributed by atoms with Gasteiger partial charge in [0.25, 0.3) is 15.0 Å². The molecular formula is C13H17BrClNO3S. The molecule has 0 saturated carbocycles. The molecule has 0 atom stereocenters. The first-order valence-corrected chi connectivity index (χ1v) is 9.30. The lowest BCUT2D eigenvalue weighted by Crippen LogP contribution is -2.34. The maximum atomic E-state index is 12.5. The van der Waals surface area contributed by atoms with Gasteiger partial charge in [0.05, 0.1) is 10.5 Å². The monoisotopic (exact) mass is 381 g/mol. The third-order valence-electron chi connectivity index (χ3n) is 2.70. The largest absolute Gasteiger partial charge is 0.339 e. The highest BCUT2D eigenvalue weighted by atomic mass is 79.9. The molecule has 112 valence electrons. The molecule has 20 heavy (non-hydrogen) atoms. The lowest BCUT2D eigenvalue weighted by molar-refractivity contribution is 0.0744. The van der Waals surface area contributed by atoms with Crippen LogP contribution in [0.4, 0.5) is 0 Å². The standard InChI is InChI=1S/C13H17BrClNO3S/c1-4-16(8-9(2)3)13(17)11-7-10(20(15,18)19)5-6-12(11)14/h5-7,9H,4,8H2,1-3H3. The van der Waals surface area contributed by atoms with E-state index in [0.29, 0.717) is 29.0 Å². The number of amides is 1. The van der Waals surface area contributed by atoms with Crippen LogP contribution in [0.3, 0.4) is 0 Å². The quantitative estimate of drug-likeness (QED) is 0.732. The molecule has 0 fully saturated rings. The minimum absolute atomic E-state index is 0.0775. The number of hydrogen-bond acceptors (Lipinski definition) is 3. The van der Waals surface area contributed by atoms with E-state index in [2.05, 4.69) is 15.9 Å². The van der Waals surface area contributed by atoms with Crippen molar-refractivity contribution in [1.82, 2.24) is 4.90 Å². The van der Waals surface area contributed by atoms with Crippen LogP contribution in [0, 0.1) is 5.92 Å². The van der Waals surface area contributed by atoms with Crippen LogP contribution in [0.1, 0.15) is 31.1 Å². The first-order valence-electron chi connectivity index (χ1n) is 6.20. The molecule has 0 N–H and O–H groups in total. The topological polar surface area (TPSA) is 54.5 Å². The summed E-state index contributed by atoms with van der Waals surface area (Å²) in [7, 11) is 1.47. The van der Waals surface area contributed by atoms with Gasteiger partial charge in [-0.15, -0.1) is 0 Å². The van der Waals surface area contributed by atoms with Crippen LogP contribution >= 0.6 is 26.6 Å². The molecule has 7 heteroatoms. The molecule has 0 radical (unpaired) electrons. The van der Waals surface area contributed by atoms with E-state index in [0.717, 1.165) is 0 Å². The molecule has 0 bridgehead atoms. The Morgan fingerprint density at radius 1 is 1.40 bits per heavy atom. The molecule has 1 aromatic rings. The predicted molar refractivity (Wildman–Crippen MR) is 83.6 cm³/mol. The van der Waals surface area contributed by atoms with Crippen molar-refractivity contribution in [2.75, 3.05) is 13.1 Å². The zero-order chi connectivity index (χ0) is 15.5. The van der Waals surface area contributed by atoms with Crippen LogP contribution in [0.25, 0.3) is 0 Å². The first-order chi connectivity index (χ1) is 9.16. The summed E-state index contributed by atoms with van der Waals surface area (Å²) in [5.74, 6) is 0.118. The van der Waals surface area contributed by atoms with E-state index in [4.69, 9.17) is 10.7 Å². The summed E-state index contributed by atoms with van der Waals surface area (Å²) in [5.41, 5.74) is 0.300. The Kier molecular flexibility index (Phi) is 6.04. The SMILES string of the molecule is CCN(CC(C)C)C(=O)c1cc(S(=O)(=O)Cl)ccc1Br. The van der Waals surface area contributed by atoms with Gasteiger partial charge in [0.2, 0.25) is 0 Å². The van der Waals surface area contributed by atoms with Gasteiger partial charge in [0, 0.05) is 28.2 Å². The molecule has 0 aliphatic carbocycles. The third-order valence-corrected chi connectivity index (χ3v) is 4.75. The fraction of sp³-hybridized carbons (Fsp3) is 0.462. The van der Waals surface area contributed by atoms with Gasteiger partial charge >= 0.3 is 0 Å². The number of carbonyl (C=O) groups excluding carboxylic acids is 1. The number of nitrogens with zero attached hydrogens (tertiary/aromatic N) is 1. The lowest BCUT2D eigenvalue weighted by Gasteiger charge is -2.23. The number of hydrogen-bond donors (Lipinski definition) is 0. The lowest BCUT2D eigenvalue weighted by atomic mass is 10.1. The number of benzene rings is 1. The predicted octanol–water partition coefficient (Wildman–Crippen LogP) is 3.49.